The van der Waals surface area contributed by atoms with Crippen molar-refractivity contribution in [2.24, 2.45) is 0 Å². The first-order valence-electron chi connectivity index (χ1n) is 12.0. The second-order valence-corrected chi connectivity index (χ2v) is 12.2. The van der Waals surface area contributed by atoms with E-state index >= 15 is 0 Å². The first kappa shape index (κ1) is 25.7. The number of nitrogens with zero attached hydrogens (tertiary/aromatic N) is 1. The van der Waals surface area contributed by atoms with Crippen molar-refractivity contribution >= 4 is 49.0 Å². The number of carbonyl (C=O) groups excluding carboxylic acids is 2. The summed E-state index contributed by atoms with van der Waals surface area (Å²) in [5.41, 5.74) is 2.16. The molecular formula is C25H31BrN4O4S. The van der Waals surface area contributed by atoms with Gasteiger partial charge >= 0.3 is 0 Å². The Morgan fingerprint density at radius 2 is 1.83 bits per heavy atom. The van der Waals surface area contributed by atoms with E-state index in [2.05, 4.69) is 36.8 Å². The zero-order chi connectivity index (χ0) is 24.8. The third kappa shape index (κ3) is 7.28. The van der Waals surface area contributed by atoms with Crippen LogP contribution in [0.4, 0.5) is 11.4 Å². The smallest absolute Gasteiger partial charge is 0.251 e. The first-order valence-corrected chi connectivity index (χ1v) is 14.6. The minimum atomic E-state index is -3.54. The number of amides is 2. The molecule has 2 aromatic rings. The SMILES string of the molecule is O=C(NCCN1CCCCCC1)c1ccc2c(c1)NC(=O)C(CS(=O)(=O)Cc1cccc(Br)c1)N2. The van der Waals surface area contributed by atoms with Crippen molar-refractivity contribution in [3.8, 4) is 0 Å². The van der Waals surface area contributed by atoms with Crippen molar-refractivity contribution in [1.82, 2.24) is 10.2 Å². The zero-order valence-electron chi connectivity index (χ0n) is 19.6. The van der Waals surface area contributed by atoms with Crippen molar-refractivity contribution in [3.05, 3.63) is 58.1 Å². The molecule has 1 unspecified atom stereocenters. The van der Waals surface area contributed by atoms with E-state index in [1.807, 2.05) is 6.07 Å². The first-order chi connectivity index (χ1) is 16.8. The standard InChI is InChI=1S/C25H31BrN4O4S/c26-20-7-5-6-18(14-20)16-35(33,34)17-23-25(32)29-22-15-19(8-9-21(22)28-23)24(31)27-10-13-30-11-3-1-2-4-12-30/h5-9,14-15,23,28H,1-4,10-13,16-17H2,(H,27,31)(H,29,32). The average Bonchev–Trinajstić information content (AvgIpc) is 3.07. The highest BCUT2D eigenvalue weighted by molar-refractivity contribution is 9.10. The minimum absolute atomic E-state index is 0.151. The number of hydrogen-bond donors (Lipinski definition) is 3. The van der Waals surface area contributed by atoms with Crippen LogP contribution < -0.4 is 16.0 Å². The highest BCUT2D eigenvalue weighted by Crippen LogP contribution is 2.28. The number of anilines is 2. The lowest BCUT2D eigenvalue weighted by atomic mass is 10.1. The van der Waals surface area contributed by atoms with Crippen molar-refractivity contribution in [3.63, 3.8) is 0 Å². The maximum atomic E-state index is 12.7. The maximum absolute atomic E-state index is 12.7. The molecule has 8 nitrogen and oxygen atoms in total. The summed E-state index contributed by atoms with van der Waals surface area (Å²) in [6.45, 7) is 3.54. The Hall–Kier alpha value is -2.43. The lowest BCUT2D eigenvalue weighted by Crippen LogP contribution is -2.43. The predicted octanol–water partition coefficient (Wildman–Crippen LogP) is 3.40. The number of hydrogen-bond acceptors (Lipinski definition) is 6. The molecule has 2 aliphatic rings. The van der Waals surface area contributed by atoms with Crippen LogP contribution in [0.1, 0.15) is 41.6 Å². The van der Waals surface area contributed by atoms with Crippen LogP contribution in [0.15, 0.2) is 46.9 Å². The highest BCUT2D eigenvalue weighted by atomic mass is 79.9. The zero-order valence-corrected chi connectivity index (χ0v) is 22.0. The van der Waals surface area contributed by atoms with E-state index in [1.165, 1.54) is 25.7 Å². The van der Waals surface area contributed by atoms with Crippen molar-refractivity contribution in [1.29, 1.82) is 0 Å². The fourth-order valence-corrected chi connectivity index (χ4v) is 6.48. The molecule has 0 saturated carbocycles. The van der Waals surface area contributed by atoms with Crippen LogP contribution in [0.25, 0.3) is 0 Å². The summed E-state index contributed by atoms with van der Waals surface area (Å²) in [5, 5.41) is 8.73. The highest BCUT2D eigenvalue weighted by Gasteiger charge is 2.30. The molecule has 4 rings (SSSR count). The summed E-state index contributed by atoms with van der Waals surface area (Å²) in [6.07, 6.45) is 4.96. The lowest BCUT2D eigenvalue weighted by Gasteiger charge is -2.27. The molecule has 1 saturated heterocycles. The second kappa shape index (κ2) is 11.5. The van der Waals surface area contributed by atoms with Crippen LogP contribution in [0, 0.1) is 0 Å². The Bertz CT molecular complexity index is 1180. The quantitative estimate of drug-likeness (QED) is 0.455. The summed E-state index contributed by atoms with van der Waals surface area (Å²) in [7, 11) is -3.54. The predicted molar refractivity (Wildman–Crippen MR) is 141 cm³/mol. The second-order valence-electron chi connectivity index (χ2n) is 9.14. The molecule has 2 amide bonds. The summed E-state index contributed by atoms with van der Waals surface area (Å²) in [6, 6.07) is 11.2. The molecule has 188 valence electrons. The van der Waals surface area contributed by atoms with Gasteiger partial charge in [-0.1, -0.05) is 40.9 Å². The Labute approximate surface area is 214 Å². The average molecular weight is 564 g/mol. The van der Waals surface area contributed by atoms with Gasteiger partial charge in [0, 0.05) is 23.1 Å². The molecule has 1 atom stereocenters. The molecule has 1 fully saturated rings. The van der Waals surface area contributed by atoms with E-state index in [-0.39, 0.29) is 17.4 Å². The number of rotatable bonds is 8. The number of fused-ring (bicyclic) bond motifs is 1. The Morgan fingerprint density at radius 3 is 2.57 bits per heavy atom. The van der Waals surface area contributed by atoms with E-state index in [4.69, 9.17) is 0 Å². The Balaban J connectivity index is 1.33. The van der Waals surface area contributed by atoms with Gasteiger partial charge in [-0.15, -0.1) is 0 Å². The van der Waals surface area contributed by atoms with Crippen LogP contribution in [0.2, 0.25) is 0 Å². The summed E-state index contributed by atoms with van der Waals surface area (Å²) in [4.78, 5) is 27.7. The number of carbonyl (C=O) groups is 2. The van der Waals surface area contributed by atoms with E-state index < -0.39 is 21.8 Å². The van der Waals surface area contributed by atoms with Crippen molar-refractivity contribution in [2.45, 2.75) is 37.5 Å². The van der Waals surface area contributed by atoms with Crippen LogP contribution >= 0.6 is 15.9 Å². The third-order valence-corrected chi connectivity index (χ3v) is 8.40. The van der Waals surface area contributed by atoms with Gasteiger partial charge in [-0.05, 0) is 61.8 Å². The van der Waals surface area contributed by atoms with E-state index in [0.29, 0.717) is 29.0 Å². The molecular weight excluding hydrogens is 532 g/mol. The van der Waals surface area contributed by atoms with E-state index in [1.54, 1.807) is 36.4 Å². The molecule has 2 aliphatic heterocycles. The maximum Gasteiger partial charge on any atom is 0.251 e. The summed E-state index contributed by atoms with van der Waals surface area (Å²) < 4.78 is 26.2. The molecule has 0 bridgehead atoms. The van der Waals surface area contributed by atoms with Gasteiger partial charge in [0.2, 0.25) is 5.91 Å². The van der Waals surface area contributed by atoms with Gasteiger partial charge in [0.25, 0.3) is 5.91 Å². The third-order valence-electron chi connectivity index (χ3n) is 6.29. The van der Waals surface area contributed by atoms with Crippen LogP contribution in [-0.2, 0) is 20.4 Å². The normalized spacial score (nSPS) is 18.7. The van der Waals surface area contributed by atoms with Crippen LogP contribution in [0.3, 0.4) is 0 Å². The number of nitrogens with one attached hydrogen (secondary N) is 3. The van der Waals surface area contributed by atoms with Crippen molar-refractivity contribution < 1.29 is 18.0 Å². The summed E-state index contributed by atoms with van der Waals surface area (Å²) >= 11 is 3.34. The van der Waals surface area contributed by atoms with Gasteiger partial charge in [-0.3, -0.25) is 9.59 Å². The van der Waals surface area contributed by atoms with Crippen LogP contribution in [-0.4, -0.2) is 63.1 Å². The molecule has 3 N–H and O–H groups in total. The van der Waals surface area contributed by atoms with Gasteiger partial charge in [-0.25, -0.2) is 8.42 Å². The topological polar surface area (TPSA) is 108 Å². The molecule has 2 heterocycles. The van der Waals surface area contributed by atoms with E-state index in [0.717, 1.165) is 24.1 Å². The number of sulfone groups is 1. The fraction of sp³-hybridized carbons (Fsp3) is 0.440. The summed E-state index contributed by atoms with van der Waals surface area (Å²) in [5.74, 6) is -1.12. The number of halogens is 1. The molecule has 35 heavy (non-hydrogen) atoms. The number of likely N-dealkylation sites (tertiary alicyclic amines) is 1. The van der Waals surface area contributed by atoms with Gasteiger partial charge in [0.15, 0.2) is 9.84 Å². The molecule has 0 aromatic heterocycles. The van der Waals surface area contributed by atoms with Crippen LogP contribution in [0.5, 0.6) is 0 Å². The van der Waals surface area contributed by atoms with Crippen molar-refractivity contribution in [2.75, 3.05) is 42.6 Å². The molecule has 0 spiro atoms. The fourth-order valence-electron chi connectivity index (χ4n) is 4.49. The number of benzene rings is 2. The molecule has 2 aromatic carbocycles. The molecule has 0 aliphatic carbocycles. The minimum Gasteiger partial charge on any atom is -0.371 e. The van der Waals surface area contributed by atoms with E-state index in [9.17, 15) is 18.0 Å². The van der Waals surface area contributed by atoms with Gasteiger partial charge in [-0.2, -0.15) is 0 Å². The Morgan fingerprint density at radius 1 is 1.06 bits per heavy atom. The largest absolute Gasteiger partial charge is 0.371 e. The van der Waals surface area contributed by atoms with Gasteiger partial charge in [0.1, 0.15) is 6.04 Å². The molecule has 10 heteroatoms. The molecule has 0 radical (unpaired) electrons. The Kier molecular flexibility index (Phi) is 8.46. The monoisotopic (exact) mass is 562 g/mol. The van der Waals surface area contributed by atoms with Gasteiger partial charge in [0.05, 0.1) is 22.9 Å². The lowest BCUT2D eigenvalue weighted by molar-refractivity contribution is -0.116. The van der Waals surface area contributed by atoms with Gasteiger partial charge < -0.3 is 20.9 Å².